The summed E-state index contributed by atoms with van der Waals surface area (Å²) in [5.41, 5.74) is 1.10. The molecule has 3 nitrogen and oxygen atoms in total. The molecule has 2 N–H and O–H groups in total. The van der Waals surface area contributed by atoms with Gasteiger partial charge in [0.2, 0.25) is 0 Å². The van der Waals surface area contributed by atoms with E-state index in [9.17, 15) is 10.2 Å². The Morgan fingerprint density at radius 3 is 2.35 bits per heavy atom. The number of hydrogen-bond acceptors (Lipinski definition) is 3. The summed E-state index contributed by atoms with van der Waals surface area (Å²) >= 11 is 0. The van der Waals surface area contributed by atoms with Crippen molar-refractivity contribution in [2.45, 2.75) is 39.1 Å². The number of benzene rings is 1. The van der Waals surface area contributed by atoms with E-state index in [1.165, 1.54) is 0 Å². The number of rotatable bonds is 7. The summed E-state index contributed by atoms with van der Waals surface area (Å²) < 4.78 is 5.43. The first-order valence-corrected chi connectivity index (χ1v) is 6.07. The topological polar surface area (TPSA) is 49.7 Å². The molecule has 0 fully saturated rings. The van der Waals surface area contributed by atoms with Gasteiger partial charge in [-0.3, -0.25) is 0 Å². The van der Waals surface area contributed by atoms with Crippen LogP contribution in [0.4, 0.5) is 0 Å². The fraction of sp³-hybridized carbons (Fsp3) is 0.571. The zero-order chi connectivity index (χ0) is 12.7. The molecule has 0 spiro atoms. The molecule has 0 aliphatic carbocycles. The summed E-state index contributed by atoms with van der Waals surface area (Å²) in [4.78, 5) is 0. The van der Waals surface area contributed by atoms with E-state index >= 15 is 0 Å². The monoisotopic (exact) mass is 238 g/mol. The van der Waals surface area contributed by atoms with Crippen LogP contribution >= 0.6 is 0 Å². The first kappa shape index (κ1) is 14.2. The van der Waals surface area contributed by atoms with Crippen LogP contribution in [0.15, 0.2) is 30.3 Å². The first-order valence-electron chi connectivity index (χ1n) is 6.07. The van der Waals surface area contributed by atoms with Crippen LogP contribution in [0.2, 0.25) is 0 Å². The van der Waals surface area contributed by atoms with Gasteiger partial charge in [-0.1, -0.05) is 37.3 Å². The lowest BCUT2D eigenvalue weighted by molar-refractivity contribution is 0.00497. The molecule has 17 heavy (non-hydrogen) atoms. The van der Waals surface area contributed by atoms with Crippen LogP contribution in [-0.4, -0.2) is 29.0 Å². The second kappa shape index (κ2) is 7.43. The van der Waals surface area contributed by atoms with Gasteiger partial charge in [0.25, 0.3) is 0 Å². The highest BCUT2D eigenvalue weighted by Crippen LogP contribution is 2.11. The predicted octanol–water partition coefficient (Wildman–Crippen LogP) is 1.97. The molecule has 0 amide bonds. The minimum absolute atomic E-state index is 0.0883. The van der Waals surface area contributed by atoms with Crippen LogP contribution in [0.5, 0.6) is 0 Å². The van der Waals surface area contributed by atoms with E-state index in [1.54, 1.807) is 6.92 Å². The molecule has 0 aliphatic rings. The van der Waals surface area contributed by atoms with E-state index in [-0.39, 0.29) is 5.92 Å². The van der Waals surface area contributed by atoms with Gasteiger partial charge in [0, 0.05) is 0 Å². The van der Waals surface area contributed by atoms with Crippen molar-refractivity contribution in [3.63, 3.8) is 0 Å². The molecule has 3 atom stereocenters. The van der Waals surface area contributed by atoms with Gasteiger partial charge >= 0.3 is 0 Å². The summed E-state index contributed by atoms with van der Waals surface area (Å²) in [7, 11) is 0. The minimum atomic E-state index is -0.511. The summed E-state index contributed by atoms with van der Waals surface area (Å²) in [5, 5.41) is 19.0. The lowest BCUT2D eigenvalue weighted by Crippen LogP contribution is -2.23. The maximum atomic E-state index is 9.71. The lowest BCUT2D eigenvalue weighted by Gasteiger charge is -2.18. The Hall–Kier alpha value is -0.900. The van der Waals surface area contributed by atoms with Crippen molar-refractivity contribution < 1.29 is 14.9 Å². The zero-order valence-electron chi connectivity index (χ0n) is 10.5. The number of ether oxygens (including phenoxy) is 1. The van der Waals surface area contributed by atoms with Crippen molar-refractivity contribution in [1.29, 1.82) is 0 Å². The van der Waals surface area contributed by atoms with E-state index in [4.69, 9.17) is 4.74 Å². The van der Waals surface area contributed by atoms with E-state index in [0.717, 1.165) is 5.56 Å². The highest BCUT2D eigenvalue weighted by atomic mass is 16.5. The third-order valence-electron chi connectivity index (χ3n) is 2.89. The molecule has 0 aliphatic heterocycles. The van der Waals surface area contributed by atoms with Crippen molar-refractivity contribution in [1.82, 2.24) is 0 Å². The normalized spacial score (nSPS) is 16.5. The van der Waals surface area contributed by atoms with E-state index in [0.29, 0.717) is 19.6 Å². The third kappa shape index (κ3) is 5.82. The maximum absolute atomic E-state index is 9.71. The summed E-state index contributed by atoms with van der Waals surface area (Å²) in [5.74, 6) is 0.0883. The second-order valence-electron chi connectivity index (χ2n) is 4.61. The molecule has 1 aromatic carbocycles. The molecular weight excluding hydrogens is 216 g/mol. The Balaban J connectivity index is 2.18. The SMILES string of the molecule is CC(O)C(C)CC(O)COCc1ccccc1. The Labute approximate surface area is 103 Å². The number of aliphatic hydroxyl groups excluding tert-OH is 2. The molecule has 0 bridgehead atoms. The Bertz CT molecular complexity index is 298. The number of aliphatic hydroxyl groups is 2. The molecule has 1 rings (SSSR count). The Kier molecular flexibility index (Phi) is 6.19. The molecular formula is C14H22O3. The van der Waals surface area contributed by atoms with Crippen LogP contribution in [0.25, 0.3) is 0 Å². The molecule has 1 aromatic rings. The molecule has 0 saturated heterocycles. The van der Waals surface area contributed by atoms with Crippen molar-refractivity contribution in [3.05, 3.63) is 35.9 Å². The van der Waals surface area contributed by atoms with E-state index in [2.05, 4.69) is 0 Å². The summed E-state index contributed by atoms with van der Waals surface area (Å²) in [6.45, 7) is 4.49. The fourth-order valence-electron chi connectivity index (χ4n) is 1.58. The summed E-state index contributed by atoms with van der Waals surface area (Å²) in [6, 6.07) is 9.87. The highest BCUT2D eigenvalue weighted by Gasteiger charge is 2.14. The van der Waals surface area contributed by atoms with Gasteiger partial charge in [0.1, 0.15) is 0 Å². The molecule has 96 valence electrons. The Morgan fingerprint density at radius 2 is 1.76 bits per heavy atom. The molecule has 0 saturated carbocycles. The van der Waals surface area contributed by atoms with Gasteiger partial charge < -0.3 is 14.9 Å². The van der Waals surface area contributed by atoms with Gasteiger partial charge in [-0.15, -0.1) is 0 Å². The van der Waals surface area contributed by atoms with Gasteiger partial charge in [0.15, 0.2) is 0 Å². The smallest absolute Gasteiger partial charge is 0.0777 e. The van der Waals surface area contributed by atoms with Gasteiger partial charge in [-0.05, 0) is 24.8 Å². The van der Waals surface area contributed by atoms with Crippen molar-refractivity contribution in [3.8, 4) is 0 Å². The van der Waals surface area contributed by atoms with Crippen LogP contribution in [0.1, 0.15) is 25.8 Å². The van der Waals surface area contributed by atoms with Crippen LogP contribution in [-0.2, 0) is 11.3 Å². The van der Waals surface area contributed by atoms with Crippen LogP contribution in [0, 0.1) is 5.92 Å². The molecule has 0 aromatic heterocycles. The fourth-order valence-corrected chi connectivity index (χ4v) is 1.58. The largest absolute Gasteiger partial charge is 0.393 e. The van der Waals surface area contributed by atoms with E-state index < -0.39 is 12.2 Å². The molecule has 0 heterocycles. The van der Waals surface area contributed by atoms with E-state index in [1.807, 2.05) is 37.3 Å². The van der Waals surface area contributed by atoms with Gasteiger partial charge in [-0.2, -0.15) is 0 Å². The molecule has 3 unspecified atom stereocenters. The molecule has 0 radical (unpaired) electrons. The van der Waals surface area contributed by atoms with Gasteiger partial charge in [-0.25, -0.2) is 0 Å². The molecule has 3 heteroatoms. The quantitative estimate of drug-likeness (QED) is 0.763. The summed E-state index contributed by atoms with van der Waals surface area (Å²) in [6.07, 6.45) is -0.339. The van der Waals surface area contributed by atoms with Crippen LogP contribution in [0.3, 0.4) is 0 Å². The second-order valence-corrected chi connectivity index (χ2v) is 4.61. The zero-order valence-corrected chi connectivity index (χ0v) is 10.5. The van der Waals surface area contributed by atoms with Crippen molar-refractivity contribution in [2.75, 3.05) is 6.61 Å². The third-order valence-corrected chi connectivity index (χ3v) is 2.89. The highest BCUT2D eigenvalue weighted by molar-refractivity contribution is 5.13. The van der Waals surface area contributed by atoms with Crippen molar-refractivity contribution in [2.24, 2.45) is 5.92 Å². The minimum Gasteiger partial charge on any atom is -0.393 e. The average Bonchev–Trinajstić information content (AvgIpc) is 2.30. The lowest BCUT2D eigenvalue weighted by atomic mass is 9.99. The van der Waals surface area contributed by atoms with Crippen molar-refractivity contribution >= 4 is 0 Å². The Morgan fingerprint density at radius 1 is 1.12 bits per heavy atom. The predicted molar refractivity (Wildman–Crippen MR) is 67.6 cm³/mol. The standard InChI is InChI=1S/C14H22O3/c1-11(12(2)15)8-14(16)10-17-9-13-6-4-3-5-7-13/h3-7,11-12,14-16H,8-10H2,1-2H3. The van der Waals surface area contributed by atoms with Gasteiger partial charge in [0.05, 0.1) is 25.4 Å². The first-order chi connectivity index (χ1) is 8.09. The van der Waals surface area contributed by atoms with Crippen LogP contribution < -0.4 is 0 Å². The maximum Gasteiger partial charge on any atom is 0.0777 e. The average molecular weight is 238 g/mol. The number of hydrogen-bond donors (Lipinski definition) is 2.